The Bertz CT molecular complexity index is 601. The number of halogens is 1. The lowest BCUT2D eigenvalue weighted by atomic mass is 10.2. The summed E-state index contributed by atoms with van der Waals surface area (Å²) < 4.78 is 6.31. The summed E-state index contributed by atoms with van der Waals surface area (Å²) in [6.07, 6.45) is 1.61. The van der Waals surface area contributed by atoms with Crippen molar-refractivity contribution in [1.29, 1.82) is 0 Å². The molecule has 94 valence electrons. The van der Waals surface area contributed by atoms with Crippen molar-refractivity contribution in [3.63, 3.8) is 0 Å². The van der Waals surface area contributed by atoms with E-state index in [1.54, 1.807) is 37.5 Å². The van der Waals surface area contributed by atoms with Crippen LogP contribution in [0.25, 0.3) is 0 Å². The monoisotopic (exact) mass is 326 g/mol. The van der Waals surface area contributed by atoms with Crippen molar-refractivity contribution in [2.75, 3.05) is 0 Å². The average Bonchev–Trinajstić information content (AvgIpc) is 2.85. The number of aryl methyl sites for hydroxylation is 2. The van der Waals surface area contributed by atoms with Gasteiger partial charge in [0.25, 0.3) is 5.91 Å². The molecule has 0 radical (unpaired) electrons. The number of nitrogens with zero attached hydrogens (tertiary/aromatic N) is 1. The van der Waals surface area contributed by atoms with Crippen LogP contribution in [0.4, 0.5) is 0 Å². The number of hydrogen-bond donors (Lipinski definition) is 1. The minimum Gasteiger partial charge on any atom is -0.466 e. The topological polar surface area (TPSA) is 54.6 Å². The largest absolute Gasteiger partial charge is 0.466 e. The van der Waals surface area contributed by atoms with Crippen LogP contribution in [0.5, 0.6) is 0 Å². The molecule has 0 atom stereocenters. The van der Waals surface area contributed by atoms with E-state index < -0.39 is 0 Å². The zero-order chi connectivity index (χ0) is 13.1. The third kappa shape index (κ3) is 3.08. The molecule has 1 amide bonds. The maximum atomic E-state index is 11.8. The molecule has 0 aliphatic heterocycles. The lowest BCUT2D eigenvalue weighted by Crippen LogP contribution is -2.17. The number of nitrogens with one attached hydrogen (secondary N) is 1. The summed E-state index contributed by atoms with van der Waals surface area (Å²) in [4.78, 5) is 12.7. The third-order valence-electron chi connectivity index (χ3n) is 2.24. The number of carbonyl (C=O) groups is 1. The van der Waals surface area contributed by atoms with Crippen molar-refractivity contribution in [3.8, 4) is 0 Å². The van der Waals surface area contributed by atoms with Crippen molar-refractivity contribution in [3.05, 3.63) is 43.9 Å². The Balaban J connectivity index is 2.00. The molecule has 1 N–H and O–H groups in total. The number of rotatable bonds is 3. The Morgan fingerprint density at radius 1 is 1.50 bits per heavy atom. The van der Waals surface area contributed by atoms with Crippen LogP contribution >= 0.6 is 27.3 Å². The van der Waals surface area contributed by atoms with E-state index in [-0.39, 0.29) is 5.91 Å². The zero-order valence-corrected chi connectivity index (χ0v) is 12.3. The van der Waals surface area contributed by atoms with Gasteiger partial charge in [-0.05, 0) is 48.0 Å². The summed E-state index contributed by atoms with van der Waals surface area (Å²) in [7, 11) is 0. The van der Waals surface area contributed by atoms with E-state index in [0.29, 0.717) is 17.1 Å². The second-order valence-electron chi connectivity index (χ2n) is 3.67. The van der Waals surface area contributed by atoms with Crippen LogP contribution in [0.2, 0.25) is 0 Å². The fraction of sp³-hybridized carbons (Fsp3) is 0.167. The number of thiophene rings is 1. The van der Waals surface area contributed by atoms with Crippen molar-refractivity contribution >= 4 is 39.4 Å². The molecule has 18 heavy (non-hydrogen) atoms. The molecule has 0 saturated heterocycles. The first-order valence-electron chi connectivity index (χ1n) is 5.22. The summed E-state index contributed by atoms with van der Waals surface area (Å²) in [6.45, 7) is 3.55. The number of amides is 1. The summed E-state index contributed by atoms with van der Waals surface area (Å²) >= 11 is 4.90. The molecule has 0 unspecified atom stereocenters. The van der Waals surface area contributed by atoms with Gasteiger partial charge in [0.2, 0.25) is 0 Å². The molecule has 4 nitrogen and oxygen atoms in total. The third-order valence-corrected chi connectivity index (χ3v) is 3.80. The quantitative estimate of drug-likeness (QED) is 0.693. The van der Waals surface area contributed by atoms with Gasteiger partial charge in [0.15, 0.2) is 0 Å². The molecule has 0 spiro atoms. The van der Waals surface area contributed by atoms with E-state index in [2.05, 4.69) is 26.5 Å². The Kier molecular flexibility index (Phi) is 3.98. The Morgan fingerprint density at radius 2 is 2.28 bits per heavy atom. The molecule has 0 saturated carbocycles. The van der Waals surface area contributed by atoms with Crippen LogP contribution in [-0.2, 0) is 0 Å². The predicted molar refractivity (Wildman–Crippen MR) is 75.3 cm³/mol. The van der Waals surface area contributed by atoms with Crippen molar-refractivity contribution in [2.24, 2.45) is 5.10 Å². The first-order chi connectivity index (χ1) is 8.56. The van der Waals surface area contributed by atoms with Gasteiger partial charge in [0.05, 0.1) is 15.6 Å². The molecule has 0 aromatic carbocycles. The highest BCUT2D eigenvalue weighted by Crippen LogP contribution is 2.20. The second-order valence-corrected chi connectivity index (χ2v) is 6.16. The number of hydrazone groups is 1. The SMILES string of the molecule is Cc1cc(C(=O)NN=Cc2ccc(Br)s2)c(C)o1. The molecule has 0 aliphatic carbocycles. The Labute approximate surface area is 117 Å². The average molecular weight is 327 g/mol. The Hall–Kier alpha value is -1.40. The van der Waals surface area contributed by atoms with E-state index in [4.69, 9.17) is 4.42 Å². The van der Waals surface area contributed by atoms with Crippen LogP contribution < -0.4 is 5.43 Å². The first-order valence-corrected chi connectivity index (χ1v) is 6.83. The van der Waals surface area contributed by atoms with Gasteiger partial charge in [-0.1, -0.05) is 0 Å². The molecule has 2 aromatic heterocycles. The van der Waals surface area contributed by atoms with Crippen molar-refractivity contribution in [2.45, 2.75) is 13.8 Å². The normalized spacial score (nSPS) is 11.1. The van der Waals surface area contributed by atoms with Gasteiger partial charge in [-0.15, -0.1) is 11.3 Å². The Morgan fingerprint density at radius 3 is 2.83 bits per heavy atom. The van der Waals surface area contributed by atoms with E-state index >= 15 is 0 Å². The molecule has 2 rings (SSSR count). The van der Waals surface area contributed by atoms with Crippen LogP contribution in [-0.4, -0.2) is 12.1 Å². The number of furan rings is 1. The van der Waals surface area contributed by atoms with Gasteiger partial charge < -0.3 is 4.42 Å². The van der Waals surface area contributed by atoms with E-state index in [9.17, 15) is 4.79 Å². The molecule has 6 heteroatoms. The molecule has 2 aromatic rings. The predicted octanol–water partition coefficient (Wildman–Crippen LogP) is 3.48. The molecular formula is C12H11BrN2O2S. The molecule has 2 heterocycles. The van der Waals surface area contributed by atoms with Gasteiger partial charge in [0, 0.05) is 4.88 Å². The van der Waals surface area contributed by atoms with Crippen LogP contribution in [0.3, 0.4) is 0 Å². The fourth-order valence-corrected chi connectivity index (χ4v) is 2.76. The smallest absolute Gasteiger partial charge is 0.274 e. The minimum atomic E-state index is -0.267. The molecule has 0 fully saturated rings. The van der Waals surface area contributed by atoms with Gasteiger partial charge in [-0.3, -0.25) is 4.79 Å². The van der Waals surface area contributed by atoms with Gasteiger partial charge in [-0.2, -0.15) is 5.10 Å². The highest BCUT2D eigenvalue weighted by molar-refractivity contribution is 9.11. The number of carbonyl (C=O) groups excluding carboxylic acids is 1. The maximum absolute atomic E-state index is 11.8. The first kappa shape index (κ1) is 13.0. The fourth-order valence-electron chi connectivity index (χ4n) is 1.47. The van der Waals surface area contributed by atoms with Crippen LogP contribution in [0, 0.1) is 13.8 Å². The highest BCUT2D eigenvalue weighted by atomic mass is 79.9. The summed E-state index contributed by atoms with van der Waals surface area (Å²) in [5, 5.41) is 3.90. The lowest BCUT2D eigenvalue weighted by Gasteiger charge is -1.96. The van der Waals surface area contributed by atoms with Crippen LogP contribution in [0.1, 0.15) is 26.8 Å². The van der Waals surface area contributed by atoms with E-state index in [0.717, 1.165) is 8.66 Å². The zero-order valence-electron chi connectivity index (χ0n) is 9.86. The second kappa shape index (κ2) is 5.49. The summed E-state index contributed by atoms with van der Waals surface area (Å²) in [6, 6.07) is 5.54. The molecular weight excluding hydrogens is 316 g/mol. The number of hydrogen-bond acceptors (Lipinski definition) is 4. The van der Waals surface area contributed by atoms with Gasteiger partial charge in [0.1, 0.15) is 11.5 Å². The van der Waals surface area contributed by atoms with Gasteiger partial charge in [-0.25, -0.2) is 5.43 Å². The van der Waals surface area contributed by atoms with Crippen molar-refractivity contribution < 1.29 is 9.21 Å². The summed E-state index contributed by atoms with van der Waals surface area (Å²) in [5.41, 5.74) is 2.98. The van der Waals surface area contributed by atoms with E-state index in [1.807, 2.05) is 12.1 Å². The van der Waals surface area contributed by atoms with Gasteiger partial charge >= 0.3 is 0 Å². The highest BCUT2D eigenvalue weighted by Gasteiger charge is 2.12. The van der Waals surface area contributed by atoms with Crippen LogP contribution in [0.15, 0.2) is 31.5 Å². The van der Waals surface area contributed by atoms with E-state index in [1.165, 1.54) is 0 Å². The lowest BCUT2D eigenvalue weighted by molar-refractivity contribution is 0.0953. The maximum Gasteiger partial charge on any atom is 0.274 e. The standard InChI is InChI=1S/C12H11BrN2O2S/c1-7-5-10(8(2)17-7)12(16)15-14-6-9-3-4-11(13)18-9/h3-6H,1-2H3,(H,15,16). The van der Waals surface area contributed by atoms with Crippen molar-refractivity contribution in [1.82, 2.24) is 5.43 Å². The molecule has 0 bridgehead atoms. The molecule has 0 aliphatic rings. The minimum absolute atomic E-state index is 0.267. The summed E-state index contributed by atoms with van der Waals surface area (Å²) in [5.74, 6) is 1.04.